The highest BCUT2D eigenvalue weighted by Crippen LogP contribution is 2.29. The number of amides is 1. The molecule has 2 aromatic heterocycles. The van der Waals surface area contributed by atoms with Gasteiger partial charge in [0.15, 0.2) is 0 Å². The first kappa shape index (κ1) is 19.3. The topological polar surface area (TPSA) is 76.9 Å². The van der Waals surface area contributed by atoms with E-state index in [9.17, 15) is 22.8 Å². The SMILES string of the molecule is CC(C(=O)Nc1ccc(C(F)(F)F)cc1)n1nc(-c2cccnc2)ccc1=O. The lowest BCUT2D eigenvalue weighted by atomic mass is 10.2. The third-order valence-electron chi connectivity index (χ3n) is 4.01. The van der Waals surface area contributed by atoms with Gasteiger partial charge in [0.05, 0.1) is 11.3 Å². The third-order valence-corrected chi connectivity index (χ3v) is 4.01. The zero-order valence-electron chi connectivity index (χ0n) is 14.6. The van der Waals surface area contributed by atoms with E-state index in [4.69, 9.17) is 0 Å². The van der Waals surface area contributed by atoms with Crippen molar-refractivity contribution < 1.29 is 18.0 Å². The molecular weight excluding hydrogens is 373 g/mol. The number of hydrogen-bond acceptors (Lipinski definition) is 4. The van der Waals surface area contributed by atoms with Gasteiger partial charge in [0, 0.05) is 29.7 Å². The summed E-state index contributed by atoms with van der Waals surface area (Å²) in [6.07, 6.45) is -1.29. The van der Waals surface area contributed by atoms with Gasteiger partial charge in [-0.3, -0.25) is 14.6 Å². The van der Waals surface area contributed by atoms with Crippen molar-refractivity contribution in [1.29, 1.82) is 0 Å². The van der Waals surface area contributed by atoms with Crippen molar-refractivity contribution in [1.82, 2.24) is 14.8 Å². The van der Waals surface area contributed by atoms with Crippen molar-refractivity contribution in [2.75, 3.05) is 5.32 Å². The van der Waals surface area contributed by atoms with Gasteiger partial charge in [-0.15, -0.1) is 0 Å². The van der Waals surface area contributed by atoms with Crippen molar-refractivity contribution in [2.24, 2.45) is 0 Å². The smallest absolute Gasteiger partial charge is 0.324 e. The molecule has 1 atom stereocenters. The summed E-state index contributed by atoms with van der Waals surface area (Å²) in [5.41, 5.74) is 0.0121. The van der Waals surface area contributed by atoms with Crippen LogP contribution in [0.5, 0.6) is 0 Å². The van der Waals surface area contributed by atoms with E-state index in [-0.39, 0.29) is 5.69 Å². The molecule has 0 aliphatic carbocycles. The molecule has 0 spiro atoms. The maximum atomic E-state index is 12.6. The van der Waals surface area contributed by atoms with E-state index in [0.29, 0.717) is 11.3 Å². The second kappa shape index (κ2) is 7.63. The summed E-state index contributed by atoms with van der Waals surface area (Å²) in [6.45, 7) is 1.47. The summed E-state index contributed by atoms with van der Waals surface area (Å²) < 4.78 is 38.9. The van der Waals surface area contributed by atoms with Crippen LogP contribution in [0.4, 0.5) is 18.9 Å². The predicted octanol–water partition coefficient (Wildman–Crippen LogP) is 3.52. The number of carbonyl (C=O) groups excluding carboxylic acids is 1. The second-order valence-corrected chi connectivity index (χ2v) is 5.98. The van der Waals surface area contributed by atoms with Gasteiger partial charge < -0.3 is 5.32 Å². The van der Waals surface area contributed by atoms with Gasteiger partial charge in [-0.1, -0.05) is 0 Å². The van der Waals surface area contributed by atoms with Crippen LogP contribution in [-0.2, 0) is 11.0 Å². The van der Waals surface area contributed by atoms with Crippen LogP contribution in [0.15, 0.2) is 65.7 Å². The molecule has 0 radical (unpaired) electrons. The van der Waals surface area contributed by atoms with Crippen LogP contribution in [-0.4, -0.2) is 20.7 Å². The number of carbonyl (C=O) groups is 1. The van der Waals surface area contributed by atoms with Crippen LogP contribution < -0.4 is 10.9 Å². The minimum Gasteiger partial charge on any atom is -0.324 e. The van der Waals surface area contributed by atoms with E-state index in [1.165, 1.54) is 19.1 Å². The number of aromatic nitrogens is 3. The first-order valence-corrected chi connectivity index (χ1v) is 8.24. The Balaban J connectivity index is 1.81. The second-order valence-electron chi connectivity index (χ2n) is 5.98. The molecule has 28 heavy (non-hydrogen) atoms. The Morgan fingerprint density at radius 2 is 1.82 bits per heavy atom. The highest BCUT2D eigenvalue weighted by Gasteiger charge is 2.30. The van der Waals surface area contributed by atoms with Crippen molar-refractivity contribution >= 4 is 11.6 Å². The number of nitrogens with one attached hydrogen (secondary N) is 1. The van der Waals surface area contributed by atoms with Crippen molar-refractivity contribution in [2.45, 2.75) is 19.1 Å². The predicted molar refractivity (Wildman–Crippen MR) is 96.5 cm³/mol. The van der Waals surface area contributed by atoms with Crippen LogP contribution in [0, 0.1) is 0 Å². The van der Waals surface area contributed by atoms with Crippen LogP contribution in [0.25, 0.3) is 11.3 Å². The average molecular weight is 388 g/mol. The summed E-state index contributed by atoms with van der Waals surface area (Å²) in [6, 6.07) is 9.34. The molecule has 9 heteroatoms. The van der Waals surface area contributed by atoms with Gasteiger partial charge in [-0.05, 0) is 49.4 Å². The van der Waals surface area contributed by atoms with Crippen LogP contribution >= 0.6 is 0 Å². The summed E-state index contributed by atoms with van der Waals surface area (Å²) in [7, 11) is 0. The Kier molecular flexibility index (Phi) is 5.25. The normalized spacial score (nSPS) is 12.4. The van der Waals surface area contributed by atoms with Gasteiger partial charge in [0.25, 0.3) is 5.56 Å². The summed E-state index contributed by atoms with van der Waals surface area (Å²) >= 11 is 0. The molecule has 1 unspecified atom stereocenters. The standard InChI is InChI=1S/C19H15F3N4O2/c1-12(18(28)24-15-6-4-14(5-7-15)19(20,21)22)26-17(27)9-8-16(25-26)13-3-2-10-23-11-13/h2-12H,1H3,(H,24,28). The molecule has 1 aromatic carbocycles. The molecule has 0 saturated carbocycles. The van der Waals surface area contributed by atoms with Gasteiger partial charge in [0.1, 0.15) is 6.04 Å². The fraction of sp³-hybridized carbons (Fsp3) is 0.158. The number of rotatable bonds is 4. The minimum absolute atomic E-state index is 0.182. The zero-order valence-corrected chi connectivity index (χ0v) is 14.6. The van der Waals surface area contributed by atoms with Crippen LogP contribution in [0.2, 0.25) is 0 Å². The van der Waals surface area contributed by atoms with Gasteiger partial charge in [0.2, 0.25) is 5.91 Å². The first-order chi connectivity index (χ1) is 13.3. The maximum absolute atomic E-state index is 12.6. The Hall–Kier alpha value is -3.49. The Morgan fingerprint density at radius 1 is 1.11 bits per heavy atom. The first-order valence-electron chi connectivity index (χ1n) is 8.24. The molecule has 0 bridgehead atoms. The Bertz CT molecular complexity index is 1030. The number of anilines is 1. The number of nitrogens with zero attached hydrogens (tertiary/aromatic N) is 3. The fourth-order valence-corrected chi connectivity index (χ4v) is 2.47. The number of benzene rings is 1. The number of hydrogen-bond donors (Lipinski definition) is 1. The third kappa shape index (κ3) is 4.25. The number of halogens is 3. The highest BCUT2D eigenvalue weighted by molar-refractivity contribution is 5.93. The maximum Gasteiger partial charge on any atom is 0.416 e. The highest BCUT2D eigenvalue weighted by atomic mass is 19.4. The molecular formula is C19H15F3N4O2. The van der Waals surface area contributed by atoms with E-state index in [2.05, 4.69) is 15.4 Å². The lowest BCUT2D eigenvalue weighted by Crippen LogP contribution is -2.33. The molecule has 144 valence electrons. The molecule has 0 aliphatic rings. The average Bonchev–Trinajstić information content (AvgIpc) is 2.68. The van der Waals surface area contributed by atoms with E-state index in [1.54, 1.807) is 24.5 Å². The van der Waals surface area contributed by atoms with Crippen LogP contribution in [0.3, 0.4) is 0 Å². The van der Waals surface area contributed by atoms with E-state index < -0.39 is 29.2 Å². The van der Waals surface area contributed by atoms with Crippen molar-refractivity contribution in [3.8, 4) is 11.3 Å². The van der Waals surface area contributed by atoms with Gasteiger partial charge in [-0.25, -0.2) is 4.68 Å². The lowest BCUT2D eigenvalue weighted by Gasteiger charge is -2.15. The molecule has 3 aromatic rings. The minimum atomic E-state index is -4.46. The molecule has 2 heterocycles. The van der Waals surface area contributed by atoms with Gasteiger partial charge in [-0.2, -0.15) is 18.3 Å². The van der Waals surface area contributed by atoms with E-state index in [0.717, 1.165) is 28.9 Å². The molecule has 3 rings (SSSR count). The molecule has 0 saturated heterocycles. The quantitative estimate of drug-likeness (QED) is 0.742. The van der Waals surface area contributed by atoms with Crippen LogP contribution in [0.1, 0.15) is 18.5 Å². The number of pyridine rings is 1. The van der Waals surface area contributed by atoms with Crippen molar-refractivity contribution in [3.63, 3.8) is 0 Å². The number of alkyl halides is 3. The van der Waals surface area contributed by atoms with Gasteiger partial charge >= 0.3 is 6.18 Å². The summed E-state index contributed by atoms with van der Waals surface area (Å²) in [5, 5.41) is 6.69. The zero-order chi connectivity index (χ0) is 20.3. The molecule has 6 nitrogen and oxygen atoms in total. The van der Waals surface area contributed by atoms with E-state index in [1.807, 2.05) is 0 Å². The molecule has 0 aliphatic heterocycles. The molecule has 1 amide bonds. The van der Waals surface area contributed by atoms with Crippen molar-refractivity contribution in [3.05, 3.63) is 76.8 Å². The Morgan fingerprint density at radius 3 is 2.43 bits per heavy atom. The largest absolute Gasteiger partial charge is 0.416 e. The fourth-order valence-electron chi connectivity index (χ4n) is 2.47. The molecule has 1 N–H and O–H groups in total. The lowest BCUT2D eigenvalue weighted by molar-refractivity contribution is -0.137. The summed E-state index contributed by atoms with van der Waals surface area (Å²) in [4.78, 5) is 28.6. The Labute approximate surface area is 157 Å². The summed E-state index contributed by atoms with van der Waals surface area (Å²) in [5.74, 6) is -0.585. The molecule has 0 fully saturated rings. The van der Waals surface area contributed by atoms with E-state index >= 15 is 0 Å². The monoisotopic (exact) mass is 388 g/mol.